The fourth-order valence-corrected chi connectivity index (χ4v) is 1.78. The first-order valence-electron chi connectivity index (χ1n) is 4.95. The second kappa shape index (κ2) is 5.76. The minimum atomic E-state index is -3.43. The molecule has 17 heavy (non-hydrogen) atoms. The standard InChI is InChI=1S/C10H14N2O4S/c1-11-17(15,16)12-6-5-8-3-2-4-9(7-8)10(13)14/h2-4,7,11-12H,5-6H2,1H3,(H,13,14). The average molecular weight is 258 g/mol. The molecule has 1 aromatic carbocycles. The lowest BCUT2D eigenvalue weighted by molar-refractivity contribution is 0.0696. The summed E-state index contributed by atoms with van der Waals surface area (Å²) >= 11 is 0. The van der Waals surface area contributed by atoms with Crippen molar-refractivity contribution >= 4 is 16.2 Å². The molecule has 0 amide bonds. The molecular formula is C10H14N2O4S. The Kier molecular flexibility index (Phi) is 4.62. The van der Waals surface area contributed by atoms with E-state index in [0.29, 0.717) is 6.42 Å². The van der Waals surface area contributed by atoms with Gasteiger partial charge < -0.3 is 5.11 Å². The Morgan fingerprint density at radius 2 is 2.12 bits per heavy atom. The van der Waals surface area contributed by atoms with Gasteiger partial charge in [0.15, 0.2) is 0 Å². The lowest BCUT2D eigenvalue weighted by Crippen LogP contribution is -2.35. The largest absolute Gasteiger partial charge is 0.478 e. The van der Waals surface area contributed by atoms with E-state index in [0.717, 1.165) is 5.56 Å². The highest BCUT2D eigenvalue weighted by molar-refractivity contribution is 7.87. The van der Waals surface area contributed by atoms with E-state index in [1.165, 1.54) is 19.2 Å². The van der Waals surface area contributed by atoms with E-state index >= 15 is 0 Å². The van der Waals surface area contributed by atoms with Gasteiger partial charge in [0.1, 0.15) is 0 Å². The summed E-state index contributed by atoms with van der Waals surface area (Å²) in [6.45, 7) is 0.215. The molecule has 0 aliphatic rings. The fourth-order valence-electron chi connectivity index (χ4n) is 1.26. The van der Waals surface area contributed by atoms with Crippen molar-refractivity contribution in [2.24, 2.45) is 0 Å². The van der Waals surface area contributed by atoms with Gasteiger partial charge in [-0.25, -0.2) is 14.2 Å². The van der Waals surface area contributed by atoms with Gasteiger partial charge in [-0.1, -0.05) is 12.1 Å². The molecule has 0 aromatic heterocycles. The number of aromatic carboxylic acids is 1. The minimum absolute atomic E-state index is 0.193. The van der Waals surface area contributed by atoms with Crippen molar-refractivity contribution in [3.8, 4) is 0 Å². The number of rotatable bonds is 6. The molecule has 0 aliphatic heterocycles. The van der Waals surface area contributed by atoms with Crippen molar-refractivity contribution in [3.05, 3.63) is 35.4 Å². The summed E-state index contributed by atoms with van der Waals surface area (Å²) in [4.78, 5) is 10.7. The Hall–Kier alpha value is -1.44. The molecule has 1 aromatic rings. The first-order valence-corrected chi connectivity index (χ1v) is 6.43. The molecule has 0 heterocycles. The number of benzene rings is 1. The van der Waals surface area contributed by atoms with Crippen molar-refractivity contribution in [1.29, 1.82) is 0 Å². The van der Waals surface area contributed by atoms with Crippen LogP contribution >= 0.6 is 0 Å². The summed E-state index contributed by atoms with van der Waals surface area (Å²) in [5.41, 5.74) is 0.961. The summed E-state index contributed by atoms with van der Waals surface area (Å²) in [7, 11) is -2.12. The lowest BCUT2D eigenvalue weighted by Gasteiger charge is -2.05. The molecular weight excluding hydrogens is 244 g/mol. The van der Waals surface area contributed by atoms with Crippen LogP contribution < -0.4 is 9.44 Å². The molecule has 0 radical (unpaired) electrons. The van der Waals surface area contributed by atoms with Crippen LogP contribution in [0.4, 0.5) is 0 Å². The van der Waals surface area contributed by atoms with Crippen LogP contribution in [0.5, 0.6) is 0 Å². The molecule has 0 atom stereocenters. The molecule has 6 nitrogen and oxygen atoms in total. The minimum Gasteiger partial charge on any atom is -0.478 e. The number of nitrogens with one attached hydrogen (secondary N) is 2. The van der Waals surface area contributed by atoms with Crippen LogP contribution in [0, 0.1) is 0 Å². The summed E-state index contributed by atoms with van der Waals surface area (Å²) < 4.78 is 26.5. The van der Waals surface area contributed by atoms with Gasteiger partial charge in [0, 0.05) is 13.6 Å². The predicted molar refractivity (Wildman–Crippen MR) is 63.1 cm³/mol. The quantitative estimate of drug-likeness (QED) is 0.668. The molecule has 7 heteroatoms. The summed E-state index contributed by atoms with van der Waals surface area (Å²) in [6, 6.07) is 6.39. The van der Waals surface area contributed by atoms with Gasteiger partial charge in [-0.15, -0.1) is 0 Å². The molecule has 3 N–H and O–H groups in total. The van der Waals surface area contributed by atoms with Crippen molar-refractivity contribution in [2.45, 2.75) is 6.42 Å². The van der Waals surface area contributed by atoms with Crippen molar-refractivity contribution in [2.75, 3.05) is 13.6 Å². The van der Waals surface area contributed by atoms with Gasteiger partial charge in [0.2, 0.25) is 0 Å². The van der Waals surface area contributed by atoms with E-state index in [-0.39, 0.29) is 12.1 Å². The third kappa shape index (κ3) is 4.51. The predicted octanol–water partition coefficient (Wildman–Crippen LogP) is -0.0189. The second-order valence-electron chi connectivity index (χ2n) is 3.36. The third-order valence-corrected chi connectivity index (χ3v) is 3.27. The summed E-state index contributed by atoms with van der Waals surface area (Å²) in [6.07, 6.45) is 0.433. The van der Waals surface area contributed by atoms with Crippen molar-refractivity contribution < 1.29 is 18.3 Å². The zero-order valence-electron chi connectivity index (χ0n) is 9.30. The average Bonchev–Trinajstić information content (AvgIpc) is 2.29. The molecule has 0 fully saturated rings. The van der Waals surface area contributed by atoms with Crippen LogP contribution in [0.2, 0.25) is 0 Å². The molecule has 0 unspecified atom stereocenters. The van der Waals surface area contributed by atoms with Gasteiger partial charge in [0.05, 0.1) is 5.56 Å². The van der Waals surface area contributed by atoms with E-state index in [4.69, 9.17) is 5.11 Å². The lowest BCUT2D eigenvalue weighted by atomic mass is 10.1. The van der Waals surface area contributed by atoms with Crippen molar-refractivity contribution in [1.82, 2.24) is 9.44 Å². The summed E-state index contributed by atoms with van der Waals surface area (Å²) in [5.74, 6) is -0.998. The number of carbonyl (C=O) groups is 1. The van der Waals surface area contributed by atoms with Crippen LogP contribution in [0.3, 0.4) is 0 Å². The molecule has 0 saturated carbocycles. The second-order valence-corrected chi connectivity index (χ2v) is 5.06. The highest BCUT2D eigenvalue weighted by atomic mass is 32.2. The van der Waals surface area contributed by atoms with E-state index in [1.54, 1.807) is 12.1 Å². The van der Waals surface area contributed by atoms with Crippen LogP contribution in [0.25, 0.3) is 0 Å². The van der Waals surface area contributed by atoms with E-state index in [2.05, 4.69) is 9.44 Å². The smallest absolute Gasteiger partial charge is 0.335 e. The highest BCUT2D eigenvalue weighted by Crippen LogP contribution is 2.05. The number of hydrogen-bond donors (Lipinski definition) is 3. The Bertz CT molecular complexity index is 499. The first-order chi connectivity index (χ1) is 7.94. The molecule has 0 spiro atoms. The van der Waals surface area contributed by atoms with E-state index < -0.39 is 16.2 Å². The van der Waals surface area contributed by atoms with Gasteiger partial charge in [0.25, 0.3) is 10.2 Å². The maximum Gasteiger partial charge on any atom is 0.335 e. The molecule has 0 aliphatic carbocycles. The maximum absolute atomic E-state index is 11.0. The highest BCUT2D eigenvalue weighted by Gasteiger charge is 2.06. The van der Waals surface area contributed by atoms with Gasteiger partial charge in [-0.05, 0) is 24.1 Å². The topological polar surface area (TPSA) is 95.5 Å². The molecule has 0 saturated heterocycles. The van der Waals surface area contributed by atoms with E-state index in [9.17, 15) is 13.2 Å². The van der Waals surface area contributed by atoms with Gasteiger partial charge in [-0.3, -0.25) is 0 Å². The Labute approximate surface area is 99.8 Å². The van der Waals surface area contributed by atoms with Gasteiger partial charge >= 0.3 is 5.97 Å². The molecule has 94 valence electrons. The summed E-state index contributed by atoms with van der Waals surface area (Å²) in [5, 5.41) is 8.78. The molecule has 1 rings (SSSR count). The zero-order chi connectivity index (χ0) is 12.9. The van der Waals surface area contributed by atoms with Crippen LogP contribution in [-0.4, -0.2) is 33.1 Å². The Balaban J connectivity index is 2.58. The van der Waals surface area contributed by atoms with Gasteiger partial charge in [-0.2, -0.15) is 8.42 Å². The zero-order valence-corrected chi connectivity index (χ0v) is 10.1. The fraction of sp³-hybridized carbons (Fsp3) is 0.300. The van der Waals surface area contributed by atoms with E-state index in [1.807, 2.05) is 0 Å². The first kappa shape index (κ1) is 13.6. The number of carboxylic acids is 1. The number of hydrogen-bond acceptors (Lipinski definition) is 3. The van der Waals surface area contributed by atoms with Crippen LogP contribution in [0.15, 0.2) is 24.3 Å². The normalized spacial score (nSPS) is 11.4. The Morgan fingerprint density at radius 3 is 2.71 bits per heavy atom. The SMILES string of the molecule is CNS(=O)(=O)NCCc1cccc(C(=O)O)c1. The third-order valence-electron chi connectivity index (χ3n) is 2.15. The maximum atomic E-state index is 11.0. The van der Waals surface area contributed by atoms with Crippen LogP contribution in [0.1, 0.15) is 15.9 Å². The molecule has 0 bridgehead atoms. The Morgan fingerprint density at radius 1 is 1.41 bits per heavy atom. The monoisotopic (exact) mass is 258 g/mol. The number of carboxylic acid groups (broad SMARTS) is 1. The van der Waals surface area contributed by atoms with Crippen molar-refractivity contribution in [3.63, 3.8) is 0 Å². The van der Waals surface area contributed by atoms with Crippen LogP contribution in [-0.2, 0) is 16.6 Å².